The fraction of sp³-hybridized carbons (Fsp3) is 0.959. The number of unbranched alkanes of at least 4 members (excludes halogenated alkanes) is 50. The van der Waals surface area contributed by atoms with Crippen molar-refractivity contribution in [3.63, 3.8) is 0 Å². The van der Waals surface area contributed by atoms with E-state index in [1.54, 1.807) is 6.08 Å². The lowest BCUT2D eigenvalue weighted by atomic mass is 9.97. The SMILES string of the molecule is CCCCCCCCCCCCCCCCCCCCCCC/C=C/C(O)C(COC1OC(CO)C(OC2OC(CO)C(O)C(O)C2O)C(O)C1O)NC(=O)CCCCCCCCCCCCCCCCCCCCCCCCCCCCCCCC. The molecule has 0 aliphatic carbocycles. The number of rotatable bonds is 63. The number of allylic oxidation sites excluding steroid dienone is 1. The average molecular weight is 1240 g/mol. The number of carbonyl (C=O) groups is 1. The monoisotopic (exact) mass is 1240 g/mol. The Morgan fingerprint density at radius 2 is 0.713 bits per heavy atom. The van der Waals surface area contributed by atoms with Crippen LogP contribution in [0.4, 0.5) is 0 Å². The molecule has 516 valence electrons. The minimum Gasteiger partial charge on any atom is -0.394 e. The Bertz CT molecular complexity index is 1510. The molecule has 0 radical (unpaired) electrons. The van der Waals surface area contributed by atoms with Gasteiger partial charge in [-0.25, -0.2) is 0 Å². The van der Waals surface area contributed by atoms with E-state index in [1.165, 1.54) is 289 Å². The number of ether oxygens (including phenoxy) is 4. The molecule has 87 heavy (non-hydrogen) atoms. The zero-order valence-corrected chi connectivity index (χ0v) is 56.3. The zero-order valence-electron chi connectivity index (χ0n) is 56.3. The maximum Gasteiger partial charge on any atom is 0.220 e. The Morgan fingerprint density at radius 3 is 1.06 bits per heavy atom. The van der Waals surface area contributed by atoms with Gasteiger partial charge in [0.25, 0.3) is 0 Å². The molecule has 0 aromatic heterocycles. The maximum atomic E-state index is 13.4. The highest BCUT2D eigenvalue weighted by atomic mass is 16.7. The number of aliphatic hydroxyl groups is 8. The van der Waals surface area contributed by atoms with Crippen LogP contribution in [0.5, 0.6) is 0 Å². The molecule has 12 atom stereocenters. The summed E-state index contributed by atoms with van der Waals surface area (Å²) < 4.78 is 22.9. The highest BCUT2D eigenvalue weighted by molar-refractivity contribution is 5.76. The van der Waals surface area contributed by atoms with E-state index in [0.29, 0.717) is 0 Å². The summed E-state index contributed by atoms with van der Waals surface area (Å²) >= 11 is 0. The van der Waals surface area contributed by atoms with Crippen molar-refractivity contribution in [3.8, 4) is 0 Å². The normalized spacial score (nSPS) is 23.2. The zero-order chi connectivity index (χ0) is 63.1. The van der Waals surface area contributed by atoms with Crippen molar-refractivity contribution in [3.05, 3.63) is 12.2 Å². The van der Waals surface area contributed by atoms with Crippen LogP contribution in [0.3, 0.4) is 0 Å². The second-order valence-corrected chi connectivity index (χ2v) is 26.8. The van der Waals surface area contributed by atoms with Crippen LogP contribution in [0.25, 0.3) is 0 Å². The van der Waals surface area contributed by atoms with Crippen LogP contribution in [0.1, 0.15) is 354 Å². The molecule has 14 heteroatoms. The van der Waals surface area contributed by atoms with Gasteiger partial charge < -0.3 is 65.1 Å². The summed E-state index contributed by atoms with van der Waals surface area (Å²) in [6, 6.07) is -0.911. The molecule has 2 saturated heterocycles. The van der Waals surface area contributed by atoms with Crippen molar-refractivity contribution in [2.75, 3.05) is 19.8 Å². The summed E-state index contributed by atoms with van der Waals surface area (Å²) in [4.78, 5) is 13.4. The molecular weight excluding hydrogens is 1100 g/mol. The lowest BCUT2D eigenvalue weighted by Crippen LogP contribution is -2.65. The van der Waals surface area contributed by atoms with Gasteiger partial charge in [-0.05, 0) is 19.3 Å². The number of carbonyl (C=O) groups excluding carboxylic acids is 1. The van der Waals surface area contributed by atoms with E-state index in [1.807, 2.05) is 6.08 Å². The minimum atomic E-state index is -1.79. The molecule has 2 rings (SSSR count). The second-order valence-electron chi connectivity index (χ2n) is 26.8. The van der Waals surface area contributed by atoms with E-state index in [9.17, 15) is 45.6 Å². The van der Waals surface area contributed by atoms with Crippen LogP contribution < -0.4 is 5.32 Å². The Labute approximate surface area is 533 Å². The fourth-order valence-electron chi connectivity index (χ4n) is 12.8. The molecule has 0 aromatic rings. The summed E-state index contributed by atoms with van der Waals surface area (Å²) in [5.41, 5.74) is 0. The third-order valence-electron chi connectivity index (χ3n) is 18.7. The van der Waals surface area contributed by atoms with Crippen molar-refractivity contribution in [1.82, 2.24) is 5.32 Å². The van der Waals surface area contributed by atoms with Gasteiger partial charge in [0, 0.05) is 6.42 Å². The standard InChI is InChI=1S/C73H141NO13/c1-3-5-7-9-11-13-15-17-19-21-23-25-27-28-29-30-31-32-33-35-37-39-41-43-45-47-49-51-53-55-57-65(78)74-61(60-84-72-70(83)68(81)71(64(59-76)86-72)87-73-69(82)67(80)66(79)63(58-75)85-73)62(77)56-54-52-50-48-46-44-42-40-38-36-34-26-24-22-20-18-16-14-12-10-8-6-4-2/h54,56,61-64,66-73,75-77,79-83H,3-53,55,57-60H2,1-2H3,(H,74,78)/b56-54+. The van der Waals surface area contributed by atoms with Gasteiger partial charge in [-0.15, -0.1) is 0 Å². The van der Waals surface area contributed by atoms with Crippen LogP contribution >= 0.6 is 0 Å². The number of aliphatic hydroxyl groups excluding tert-OH is 8. The van der Waals surface area contributed by atoms with Crippen molar-refractivity contribution in [2.24, 2.45) is 0 Å². The van der Waals surface area contributed by atoms with E-state index in [0.717, 1.165) is 44.9 Å². The van der Waals surface area contributed by atoms with E-state index in [4.69, 9.17) is 18.9 Å². The van der Waals surface area contributed by atoms with Gasteiger partial charge in [0.1, 0.15) is 48.8 Å². The maximum absolute atomic E-state index is 13.4. The van der Waals surface area contributed by atoms with Crippen molar-refractivity contribution < 1.29 is 64.6 Å². The summed E-state index contributed by atoms with van der Waals surface area (Å²) in [5.74, 6) is -0.230. The fourth-order valence-corrected chi connectivity index (χ4v) is 12.8. The van der Waals surface area contributed by atoms with Gasteiger partial charge in [-0.2, -0.15) is 0 Å². The first-order valence-electron chi connectivity index (χ1n) is 37.4. The van der Waals surface area contributed by atoms with E-state index >= 15 is 0 Å². The van der Waals surface area contributed by atoms with Crippen LogP contribution in [0.15, 0.2) is 12.2 Å². The van der Waals surface area contributed by atoms with Crippen LogP contribution in [0, 0.1) is 0 Å². The van der Waals surface area contributed by atoms with Crippen molar-refractivity contribution in [1.29, 1.82) is 0 Å². The molecule has 2 heterocycles. The molecule has 0 bridgehead atoms. The van der Waals surface area contributed by atoms with Gasteiger partial charge >= 0.3 is 0 Å². The third-order valence-corrected chi connectivity index (χ3v) is 18.7. The van der Waals surface area contributed by atoms with Crippen molar-refractivity contribution in [2.45, 2.75) is 428 Å². The lowest BCUT2D eigenvalue weighted by molar-refractivity contribution is -0.359. The second kappa shape index (κ2) is 58.5. The molecule has 0 spiro atoms. The lowest BCUT2D eigenvalue weighted by Gasteiger charge is -2.46. The quantitative estimate of drug-likeness (QED) is 0.0204. The Morgan fingerprint density at radius 1 is 0.402 bits per heavy atom. The molecule has 14 nitrogen and oxygen atoms in total. The molecule has 2 fully saturated rings. The Hall–Kier alpha value is -1.27. The Balaban J connectivity index is 1.64. The number of hydrogen-bond acceptors (Lipinski definition) is 13. The van der Waals surface area contributed by atoms with Crippen molar-refractivity contribution >= 4 is 5.91 Å². The number of hydrogen-bond donors (Lipinski definition) is 9. The van der Waals surface area contributed by atoms with Gasteiger partial charge in [-0.1, -0.05) is 341 Å². The summed E-state index contributed by atoms with van der Waals surface area (Å²) in [5, 5.41) is 87.5. The predicted molar refractivity (Wildman–Crippen MR) is 355 cm³/mol. The van der Waals surface area contributed by atoms with Crippen LogP contribution in [-0.4, -0.2) is 140 Å². The highest BCUT2D eigenvalue weighted by Crippen LogP contribution is 2.30. The van der Waals surface area contributed by atoms with Gasteiger partial charge in [0.2, 0.25) is 5.91 Å². The van der Waals surface area contributed by atoms with Crippen LogP contribution in [0.2, 0.25) is 0 Å². The number of amides is 1. The van der Waals surface area contributed by atoms with E-state index in [-0.39, 0.29) is 18.9 Å². The number of nitrogens with one attached hydrogen (secondary N) is 1. The molecular formula is C73H141NO13. The summed E-state index contributed by atoms with van der Waals surface area (Å²) in [7, 11) is 0. The molecule has 0 saturated carbocycles. The molecule has 2 aliphatic heterocycles. The summed E-state index contributed by atoms with van der Waals surface area (Å²) in [6.45, 7) is 2.87. The van der Waals surface area contributed by atoms with Gasteiger partial charge in [0.15, 0.2) is 12.6 Å². The van der Waals surface area contributed by atoms with Crippen LogP contribution in [-0.2, 0) is 23.7 Å². The average Bonchev–Trinajstić information content (AvgIpc) is 2.73. The molecule has 9 N–H and O–H groups in total. The third kappa shape index (κ3) is 42.6. The molecule has 0 aromatic carbocycles. The Kier molecular flexibility index (Phi) is 55.1. The van der Waals surface area contributed by atoms with E-state index in [2.05, 4.69) is 19.2 Å². The highest BCUT2D eigenvalue weighted by Gasteiger charge is 2.51. The first kappa shape index (κ1) is 81.8. The molecule has 1 amide bonds. The molecule has 12 unspecified atom stereocenters. The van der Waals surface area contributed by atoms with E-state index < -0.39 is 86.8 Å². The first-order chi connectivity index (χ1) is 42.6. The molecule has 2 aliphatic rings. The topological polar surface area (TPSA) is 228 Å². The predicted octanol–water partition coefficient (Wildman–Crippen LogP) is 15.7. The van der Waals surface area contributed by atoms with Gasteiger partial charge in [-0.3, -0.25) is 4.79 Å². The van der Waals surface area contributed by atoms with Gasteiger partial charge in [0.05, 0.1) is 32.0 Å². The smallest absolute Gasteiger partial charge is 0.220 e. The first-order valence-corrected chi connectivity index (χ1v) is 37.4. The largest absolute Gasteiger partial charge is 0.394 e. The minimum absolute atomic E-state index is 0.230. The summed E-state index contributed by atoms with van der Waals surface area (Å²) in [6.07, 6.45) is 55.7.